The molecule has 0 saturated heterocycles. The van der Waals surface area contributed by atoms with Crippen molar-refractivity contribution in [1.29, 1.82) is 0 Å². The molecule has 0 N–H and O–H groups in total. The van der Waals surface area contributed by atoms with Crippen molar-refractivity contribution in [3.63, 3.8) is 0 Å². The molecule has 2 aliphatic carbocycles. The van der Waals surface area contributed by atoms with E-state index >= 15 is 0 Å². The number of carbonyl (C=O) groups is 1. The standard InChI is InChI=1S/C15H22N2O2/c1-10-3-5-12(6-4-10)17(13-7-8-13)15(18)14-9-11(2)19-16-14/h9-10,12-13H,3-8H2,1-2H3. The minimum Gasteiger partial charge on any atom is -0.361 e. The number of hydrogen-bond acceptors (Lipinski definition) is 3. The highest BCUT2D eigenvalue weighted by Gasteiger charge is 2.39. The lowest BCUT2D eigenvalue weighted by molar-refractivity contribution is 0.0582. The van der Waals surface area contributed by atoms with E-state index in [2.05, 4.69) is 17.0 Å². The molecule has 0 radical (unpaired) electrons. The Hall–Kier alpha value is -1.32. The van der Waals surface area contributed by atoms with Crippen LogP contribution in [0.25, 0.3) is 0 Å². The molecule has 19 heavy (non-hydrogen) atoms. The van der Waals surface area contributed by atoms with Gasteiger partial charge in [0, 0.05) is 18.2 Å². The highest BCUT2D eigenvalue weighted by atomic mass is 16.5. The summed E-state index contributed by atoms with van der Waals surface area (Å²) in [6, 6.07) is 2.61. The predicted octanol–water partition coefficient (Wildman–Crippen LogP) is 3.17. The summed E-state index contributed by atoms with van der Waals surface area (Å²) in [6.07, 6.45) is 7.04. The van der Waals surface area contributed by atoms with Crippen LogP contribution >= 0.6 is 0 Å². The first kappa shape index (κ1) is 12.7. The average Bonchev–Trinajstić information content (AvgIpc) is 3.13. The third-order valence-electron chi connectivity index (χ3n) is 4.40. The van der Waals surface area contributed by atoms with Crippen LogP contribution in [0.4, 0.5) is 0 Å². The van der Waals surface area contributed by atoms with Crippen molar-refractivity contribution in [3.8, 4) is 0 Å². The molecular formula is C15H22N2O2. The number of aromatic nitrogens is 1. The van der Waals surface area contributed by atoms with Crippen molar-refractivity contribution in [2.45, 2.75) is 64.5 Å². The highest BCUT2D eigenvalue weighted by molar-refractivity contribution is 5.93. The maximum Gasteiger partial charge on any atom is 0.276 e. The molecule has 0 aromatic carbocycles. The first-order valence-corrected chi connectivity index (χ1v) is 7.41. The summed E-state index contributed by atoms with van der Waals surface area (Å²) >= 11 is 0. The number of amides is 1. The molecule has 1 heterocycles. The van der Waals surface area contributed by atoms with Crippen molar-refractivity contribution >= 4 is 5.91 Å². The SMILES string of the molecule is Cc1cc(C(=O)N(C2CCC(C)CC2)C2CC2)no1. The van der Waals surface area contributed by atoms with Crippen molar-refractivity contribution in [3.05, 3.63) is 17.5 Å². The Kier molecular flexibility index (Phi) is 3.33. The van der Waals surface area contributed by atoms with Gasteiger partial charge in [-0.15, -0.1) is 0 Å². The van der Waals surface area contributed by atoms with Gasteiger partial charge in [0.15, 0.2) is 5.69 Å². The van der Waals surface area contributed by atoms with Crippen LogP contribution in [-0.4, -0.2) is 28.0 Å². The molecule has 3 rings (SSSR count). The van der Waals surface area contributed by atoms with Crippen molar-refractivity contribution in [2.24, 2.45) is 5.92 Å². The van der Waals surface area contributed by atoms with E-state index in [0.717, 1.165) is 31.6 Å². The molecule has 104 valence electrons. The summed E-state index contributed by atoms with van der Waals surface area (Å²) in [5.74, 6) is 1.58. The van der Waals surface area contributed by atoms with Crippen LogP contribution in [0.5, 0.6) is 0 Å². The van der Waals surface area contributed by atoms with Gasteiger partial charge in [-0.3, -0.25) is 4.79 Å². The molecule has 1 aromatic heterocycles. The Morgan fingerprint density at radius 3 is 2.26 bits per heavy atom. The second-order valence-corrected chi connectivity index (χ2v) is 6.18. The van der Waals surface area contributed by atoms with Crippen LogP contribution < -0.4 is 0 Å². The van der Waals surface area contributed by atoms with E-state index in [1.807, 2.05) is 6.92 Å². The van der Waals surface area contributed by atoms with Gasteiger partial charge in [0.2, 0.25) is 0 Å². The van der Waals surface area contributed by atoms with Crippen molar-refractivity contribution in [2.75, 3.05) is 0 Å². The highest BCUT2D eigenvalue weighted by Crippen LogP contribution is 2.36. The monoisotopic (exact) mass is 262 g/mol. The van der Waals surface area contributed by atoms with Gasteiger partial charge in [-0.1, -0.05) is 12.1 Å². The van der Waals surface area contributed by atoms with Gasteiger partial charge in [-0.05, 0) is 51.4 Å². The Bertz CT molecular complexity index is 456. The van der Waals surface area contributed by atoms with Crippen molar-refractivity contribution in [1.82, 2.24) is 10.1 Å². The van der Waals surface area contributed by atoms with Crippen LogP contribution in [0.2, 0.25) is 0 Å². The van der Waals surface area contributed by atoms with Crippen LogP contribution in [-0.2, 0) is 0 Å². The maximum atomic E-state index is 12.6. The molecule has 2 fully saturated rings. The summed E-state index contributed by atoms with van der Waals surface area (Å²) in [5.41, 5.74) is 0.475. The molecular weight excluding hydrogens is 240 g/mol. The fourth-order valence-electron chi connectivity index (χ4n) is 3.10. The number of aryl methyl sites for hydroxylation is 1. The van der Waals surface area contributed by atoms with E-state index in [1.54, 1.807) is 6.07 Å². The molecule has 1 amide bonds. The number of carbonyl (C=O) groups excluding carboxylic acids is 1. The second-order valence-electron chi connectivity index (χ2n) is 6.18. The number of nitrogens with zero attached hydrogens (tertiary/aromatic N) is 2. The Morgan fingerprint density at radius 2 is 1.79 bits per heavy atom. The second kappa shape index (κ2) is 4.99. The lowest BCUT2D eigenvalue weighted by Crippen LogP contribution is -2.43. The average molecular weight is 262 g/mol. The smallest absolute Gasteiger partial charge is 0.276 e. The summed E-state index contributed by atoms with van der Waals surface area (Å²) in [7, 11) is 0. The molecule has 0 bridgehead atoms. The van der Waals surface area contributed by atoms with Gasteiger partial charge in [0.1, 0.15) is 5.76 Å². The fraction of sp³-hybridized carbons (Fsp3) is 0.733. The molecule has 2 saturated carbocycles. The third-order valence-corrected chi connectivity index (χ3v) is 4.40. The van der Waals surface area contributed by atoms with Crippen LogP contribution in [0.3, 0.4) is 0 Å². The molecule has 0 spiro atoms. The fourth-order valence-corrected chi connectivity index (χ4v) is 3.10. The molecule has 1 aromatic rings. The van der Waals surface area contributed by atoms with E-state index in [1.165, 1.54) is 12.8 Å². The topological polar surface area (TPSA) is 46.3 Å². The first-order valence-electron chi connectivity index (χ1n) is 7.41. The van der Waals surface area contributed by atoms with Gasteiger partial charge < -0.3 is 9.42 Å². The third kappa shape index (κ3) is 2.67. The molecule has 0 aliphatic heterocycles. The Labute approximate surface area is 114 Å². The quantitative estimate of drug-likeness (QED) is 0.840. The zero-order chi connectivity index (χ0) is 13.4. The van der Waals surface area contributed by atoms with Gasteiger partial charge in [0.25, 0.3) is 5.91 Å². The van der Waals surface area contributed by atoms with Gasteiger partial charge in [-0.25, -0.2) is 0 Å². The largest absolute Gasteiger partial charge is 0.361 e. The molecule has 4 heteroatoms. The predicted molar refractivity (Wildman–Crippen MR) is 71.9 cm³/mol. The number of rotatable bonds is 3. The first-order chi connectivity index (χ1) is 9.15. The normalized spacial score (nSPS) is 27.3. The van der Waals surface area contributed by atoms with Gasteiger partial charge in [-0.2, -0.15) is 0 Å². The molecule has 0 unspecified atom stereocenters. The van der Waals surface area contributed by atoms with E-state index in [-0.39, 0.29) is 5.91 Å². The van der Waals surface area contributed by atoms with E-state index in [4.69, 9.17) is 4.52 Å². The lowest BCUT2D eigenvalue weighted by atomic mass is 9.86. The molecule has 2 aliphatic rings. The Morgan fingerprint density at radius 1 is 1.21 bits per heavy atom. The summed E-state index contributed by atoms with van der Waals surface area (Å²) < 4.78 is 5.04. The van der Waals surface area contributed by atoms with Crippen LogP contribution in [0.1, 0.15) is 61.7 Å². The summed E-state index contributed by atoms with van der Waals surface area (Å²) in [4.78, 5) is 14.7. The summed E-state index contributed by atoms with van der Waals surface area (Å²) in [6.45, 7) is 4.13. The Balaban J connectivity index is 1.75. The van der Waals surface area contributed by atoms with E-state index in [9.17, 15) is 4.79 Å². The van der Waals surface area contributed by atoms with E-state index < -0.39 is 0 Å². The molecule has 0 atom stereocenters. The van der Waals surface area contributed by atoms with Crippen molar-refractivity contribution < 1.29 is 9.32 Å². The lowest BCUT2D eigenvalue weighted by Gasteiger charge is -2.36. The summed E-state index contributed by atoms with van der Waals surface area (Å²) in [5, 5.41) is 3.89. The zero-order valence-electron chi connectivity index (χ0n) is 11.8. The minimum atomic E-state index is 0.0684. The van der Waals surface area contributed by atoms with Gasteiger partial charge >= 0.3 is 0 Å². The molecule has 4 nitrogen and oxygen atoms in total. The zero-order valence-corrected chi connectivity index (χ0v) is 11.8. The number of hydrogen-bond donors (Lipinski definition) is 0. The minimum absolute atomic E-state index is 0.0684. The maximum absolute atomic E-state index is 12.6. The van der Waals surface area contributed by atoms with Gasteiger partial charge in [0.05, 0.1) is 0 Å². The van der Waals surface area contributed by atoms with E-state index in [0.29, 0.717) is 23.5 Å². The van der Waals surface area contributed by atoms with Crippen LogP contribution in [0, 0.1) is 12.8 Å². The van der Waals surface area contributed by atoms with Crippen LogP contribution in [0.15, 0.2) is 10.6 Å².